The lowest BCUT2D eigenvalue weighted by molar-refractivity contribution is 1.42. The van der Waals surface area contributed by atoms with Gasteiger partial charge in [-0.15, -0.1) is 0 Å². The lowest BCUT2D eigenvalue weighted by atomic mass is 10.0. The predicted molar refractivity (Wildman–Crippen MR) is 68.2 cm³/mol. The van der Waals surface area contributed by atoms with Crippen molar-refractivity contribution in [2.45, 2.75) is 6.92 Å². The summed E-state index contributed by atoms with van der Waals surface area (Å²) in [5.41, 5.74) is 7.54. The zero-order valence-corrected chi connectivity index (χ0v) is 9.49. The SMILES string of the molecule is CN=C1c2ccccc2-c2ccc(C)cc21. The van der Waals surface area contributed by atoms with E-state index in [2.05, 4.69) is 54.4 Å². The topological polar surface area (TPSA) is 12.4 Å². The fourth-order valence-corrected chi connectivity index (χ4v) is 2.40. The van der Waals surface area contributed by atoms with Crippen molar-refractivity contribution in [1.29, 1.82) is 0 Å². The molecule has 0 atom stereocenters. The first-order valence-electron chi connectivity index (χ1n) is 5.49. The van der Waals surface area contributed by atoms with Crippen LogP contribution in [-0.2, 0) is 0 Å². The number of aliphatic imine (C=N–C) groups is 1. The molecular weight excluding hydrogens is 194 g/mol. The number of hydrogen-bond acceptors (Lipinski definition) is 1. The molecule has 0 saturated heterocycles. The number of aryl methyl sites for hydroxylation is 1. The largest absolute Gasteiger partial charge is 0.287 e. The van der Waals surface area contributed by atoms with Crippen molar-refractivity contribution in [3.05, 3.63) is 59.2 Å². The molecule has 0 heterocycles. The highest BCUT2D eigenvalue weighted by Crippen LogP contribution is 2.36. The summed E-state index contributed by atoms with van der Waals surface area (Å²) in [6, 6.07) is 15.0. The van der Waals surface area contributed by atoms with Gasteiger partial charge in [-0.25, -0.2) is 0 Å². The molecule has 0 fully saturated rings. The predicted octanol–water partition coefficient (Wildman–Crippen LogP) is 3.44. The summed E-state index contributed by atoms with van der Waals surface area (Å²) in [5.74, 6) is 0. The van der Waals surface area contributed by atoms with E-state index in [9.17, 15) is 0 Å². The summed E-state index contributed by atoms with van der Waals surface area (Å²) in [7, 11) is 1.86. The van der Waals surface area contributed by atoms with Gasteiger partial charge in [0.2, 0.25) is 0 Å². The Kier molecular flexibility index (Phi) is 1.93. The summed E-state index contributed by atoms with van der Waals surface area (Å²) in [5, 5.41) is 0. The molecule has 0 unspecified atom stereocenters. The molecule has 0 amide bonds. The molecule has 0 aromatic heterocycles. The monoisotopic (exact) mass is 207 g/mol. The molecule has 2 aromatic rings. The van der Waals surface area contributed by atoms with Gasteiger partial charge in [-0.2, -0.15) is 0 Å². The molecule has 0 radical (unpaired) electrons. The third-order valence-corrected chi connectivity index (χ3v) is 3.13. The standard InChI is InChI=1S/C15H13N/c1-10-7-8-12-11-5-3-4-6-13(11)15(16-2)14(12)9-10/h3-9H,1-2H3. The number of fused-ring (bicyclic) bond motifs is 3. The van der Waals surface area contributed by atoms with Gasteiger partial charge in [0.15, 0.2) is 0 Å². The normalized spacial score (nSPS) is 15.0. The minimum absolute atomic E-state index is 1.12. The molecule has 0 saturated carbocycles. The van der Waals surface area contributed by atoms with Gasteiger partial charge in [-0.3, -0.25) is 4.99 Å². The second-order valence-electron chi connectivity index (χ2n) is 4.17. The first-order chi connectivity index (χ1) is 7.81. The van der Waals surface area contributed by atoms with Crippen molar-refractivity contribution in [1.82, 2.24) is 0 Å². The molecule has 16 heavy (non-hydrogen) atoms. The third kappa shape index (κ3) is 1.15. The van der Waals surface area contributed by atoms with E-state index in [1.54, 1.807) is 0 Å². The van der Waals surface area contributed by atoms with Crippen LogP contribution in [0.1, 0.15) is 16.7 Å². The van der Waals surface area contributed by atoms with Crippen LogP contribution in [0.15, 0.2) is 47.5 Å². The number of hydrogen-bond donors (Lipinski definition) is 0. The van der Waals surface area contributed by atoms with E-state index in [1.165, 1.54) is 27.8 Å². The lowest BCUT2D eigenvalue weighted by Crippen LogP contribution is -1.97. The Bertz CT molecular complexity index is 594. The maximum atomic E-state index is 4.43. The Morgan fingerprint density at radius 1 is 0.812 bits per heavy atom. The lowest BCUT2D eigenvalue weighted by Gasteiger charge is -2.01. The van der Waals surface area contributed by atoms with Crippen LogP contribution in [0.2, 0.25) is 0 Å². The summed E-state index contributed by atoms with van der Waals surface area (Å²) in [4.78, 5) is 4.43. The molecule has 0 aliphatic heterocycles. The molecule has 1 aliphatic carbocycles. The van der Waals surface area contributed by atoms with Crippen molar-refractivity contribution >= 4 is 5.71 Å². The summed E-state index contributed by atoms with van der Waals surface area (Å²) in [6.45, 7) is 2.12. The zero-order chi connectivity index (χ0) is 11.1. The maximum absolute atomic E-state index is 4.43. The van der Waals surface area contributed by atoms with Gasteiger partial charge >= 0.3 is 0 Å². The fourth-order valence-electron chi connectivity index (χ4n) is 2.40. The van der Waals surface area contributed by atoms with Crippen molar-refractivity contribution in [3.8, 4) is 11.1 Å². The summed E-state index contributed by atoms with van der Waals surface area (Å²) in [6.07, 6.45) is 0. The van der Waals surface area contributed by atoms with Crippen LogP contribution in [0.5, 0.6) is 0 Å². The van der Waals surface area contributed by atoms with E-state index in [1.807, 2.05) is 7.05 Å². The zero-order valence-electron chi connectivity index (χ0n) is 9.49. The van der Waals surface area contributed by atoms with Gasteiger partial charge in [0, 0.05) is 18.2 Å². The smallest absolute Gasteiger partial charge is 0.0728 e. The van der Waals surface area contributed by atoms with Gasteiger partial charge in [0.1, 0.15) is 0 Å². The first-order valence-corrected chi connectivity index (χ1v) is 5.49. The molecule has 0 spiro atoms. The quantitative estimate of drug-likeness (QED) is 0.535. The van der Waals surface area contributed by atoms with Crippen molar-refractivity contribution in [2.75, 3.05) is 7.05 Å². The molecule has 78 valence electrons. The van der Waals surface area contributed by atoms with Gasteiger partial charge in [-0.1, -0.05) is 42.0 Å². The second-order valence-corrected chi connectivity index (χ2v) is 4.17. The van der Waals surface area contributed by atoms with E-state index in [4.69, 9.17) is 0 Å². The van der Waals surface area contributed by atoms with E-state index in [0.717, 1.165) is 5.71 Å². The second kappa shape index (κ2) is 3.31. The Morgan fingerprint density at radius 2 is 1.50 bits per heavy atom. The van der Waals surface area contributed by atoms with Gasteiger partial charge in [-0.05, 0) is 24.1 Å². The van der Waals surface area contributed by atoms with E-state index in [0.29, 0.717) is 0 Å². The summed E-state index contributed by atoms with van der Waals surface area (Å²) >= 11 is 0. The highest BCUT2D eigenvalue weighted by atomic mass is 14.7. The number of rotatable bonds is 0. The van der Waals surface area contributed by atoms with Crippen LogP contribution < -0.4 is 0 Å². The third-order valence-electron chi connectivity index (χ3n) is 3.13. The van der Waals surface area contributed by atoms with Crippen LogP contribution >= 0.6 is 0 Å². The number of benzene rings is 2. The molecule has 2 aromatic carbocycles. The van der Waals surface area contributed by atoms with E-state index < -0.39 is 0 Å². The number of nitrogens with zero attached hydrogens (tertiary/aromatic N) is 1. The molecule has 1 aliphatic rings. The van der Waals surface area contributed by atoms with Crippen molar-refractivity contribution < 1.29 is 0 Å². The Hall–Kier alpha value is -1.89. The minimum Gasteiger partial charge on any atom is -0.287 e. The Morgan fingerprint density at radius 3 is 2.25 bits per heavy atom. The van der Waals surface area contributed by atoms with E-state index in [-0.39, 0.29) is 0 Å². The maximum Gasteiger partial charge on any atom is 0.0728 e. The Labute approximate surface area is 95.5 Å². The molecule has 3 rings (SSSR count). The Balaban J connectivity index is 2.39. The summed E-state index contributed by atoms with van der Waals surface area (Å²) < 4.78 is 0. The fraction of sp³-hybridized carbons (Fsp3) is 0.133. The van der Waals surface area contributed by atoms with E-state index >= 15 is 0 Å². The van der Waals surface area contributed by atoms with Crippen molar-refractivity contribution in [3.63, 3.8) is 0 Å². The van der Waals surface area contributed by atoms with Crippen LogP contribution in [-0.4, -0.2) is 12.8 Å². The first kappa shape index (κ1) is 9.34. The average molecular weight is 207 g/mol. The van der Waals surface area contributed by atoms with Crippen LogP contribution in [0.25, 0.3) is 11.1 Å². The van der Waals surface area contributed by atoms with Gasteiger partial charge in [0.05, 0.1) is 5.71 Å². The highest BCUT2D eigenvalue weighted by molar-refractivity contribution is 6.24. The molecule has 1 nitrogen and oxygen atoms in total. The van der Waals surface area contributed by atoms with Crippen LogP contribution in [0, 0.1) is 6.92 Å². The molecule has 0 N–H and O–H groups in total. The van der Waals surface area contributed by atoms with Crippen LogP contribution in [0.4, 0.5) is 0 Å². The van der Waals surface area contributed by atoms with Crippen molar-refractivity contribution in [2.24, 2.45) is 4.99 Å². The van der Waals surface area contributed by atoms with Gasteiger partial charge in [0.25, 0.3) is 0 Å². The molecule has 0 bridgehead atoms. The highest BCUT2D eigenvalue weighted by Gasteiger charge is 2.23. The molecule has 1 heteroatoms. The minimum atomic E-state index is 1.12. The average Bonchev–Trinajstić information content (AvgIpc) is 2.61. The van der Waals surface area contributed by atoms with Crippen LogP contribution in [0.3, 0.4) is 0 Å². The molecular formula is C15H13N. The van der Waals surface area contributed by atoms with Gasteiger partial charge < -0.3 is 0 Å².